The van der Waals surface area contributed by atoms with Gasteiger partial charge in [0.2, 0.25) is 5.91 Å². The molecule has 8 rings (SSSR count). The number of methoxy groups -OCH3 is 2. The lowest BCUT2D eigenvalue weighted by Crippen LogP contribution is -2.81. The second-order valence-corrected chi connectivity index (χ2v) is 11.8. The summed E-state index contributed by atoms with van der Waals surface area (Å²) in [6.07, 6.45) is 8.25. The number of nitrogens with zero attached hydrogens (tertiary/aromatic N) is 1. The van der Waals surface area contributed by atoms with E-state index in [0.717, 1.165) is 56.2 Å². The topological polar surface area (TPSA) is 86.0 Å². The first kappa shape index (κ1) is 21.5. The van der Waals surface area contributed by atoms with Gasteiger partial charge in [-0.2, -0.15) is 0 Å². The molecule has 1 aromatic rings. The van der Waals surface area contributed by atoms with Crippen molar-refractivity contribution in [1.82, 2.24) is 10.2 Å². The molecule has 4 saturated carbocycles. The van der Waals surface area contributed by atoms with Crippen LogP contribution in [0.15, 0.2) is 12.1 Å². The van der Waals surface area contributed by atoms with Crippen molar-refractivity contribution < 1.29 is 19.0 Å². The Morgan fingerprint density at radius 3 is 2.85 bits per heavy atom. The van der Waals surface area contributed by atoms with Gasteiger partial charge in [0, 0.05) is 48.6 Å². The molecule has 0 aromatic heterocycles. The number of piperidine rings is 1. The van der Waals surface area contributed by atoms with Crippen LogP contribution in [0.3, 0.4) is 0 Å². The lowest BCUT2D eigenvalue weighted by Gasteiger charge is -2.74. The highest BCUT2D eigenvalue weighted by molar-refractivity contribution is 5.75. The van der Waals surface area contributed by atoms with Crippen LogP contribution in [-0.2, 0) is 21.4 Å². The van der Waals surface area contributed by atoms with Crippen LogP contribution in [0, 0.1) is 17.3 Å². The van der Waals surface area contributed by atoms with Gasteiger partial charge in [0.1, 0.15) is 11.7 Å². The molecule has 2 heterocycles. The van der Waals surface area contributed by atoms with Gasteiger partial charge in [0.05, 0.1) is 13.7 Å². The number of likely N-dealkylation sites (tertiary alicyclic amines) is 1. The molecule has 6 atom stereocenters. The van der Waals surface area contributed by atoms with Crippen molar-refractivity contribution in [2.75, 3.05) is 40.4 Å². The standard InChI is InChI=1S/C27H37N3O4/c1-32-19-6-5-17-11-20-25-7-8-27(33-2,18(12-25)13-29-14-21(28)31)24-26(25,22(17)23(19)34-24)9-10-30(20)15-16-3-4-16/h5-6,16,18,20,24,29H,3-4,7-15H2,1-2H3,(H2,28,31)/t18-,20-,24-,25-,26+,27-/m1/s1. The molecule has 1 saturated heterocycles. The molecule has 2 aliphatic heterocycles. The Bertz CT molecular complexity index is 1040. The molecule has 7 nitrogen and oxygen atoms in total. The van der Waals surface area contributed by atoms with E-state index >= 15 is 0 Å². The number of fused-ring (bicyclic) bond motifs is 2. The van der Waals surface area contributed by atoms with E-state index in [9.17, 15) is 4.79 Å². The van der Waals surface area contributed by atoms with Gasteiger partial charge in [-0.3, -0.25) is 9.69 Å². The van der Waals surface area contributed by atoms with Crippen molar-refractivity contribution >= 4 is 5.91 Å². The summed E-state index contributed by atoms with van der Waals surface area (Å²) in [5.41, 5.74) is 8.10. The van der Waals surface area contributed by atoms with Gasteiger partial charge >= 0.3 is 0 Å². The summed E-state index contributed by atoms with van der Waals surface area (Å²) in [7, 11) is 3.61. The Labute approximate surface area is 201 Å². The van der Waals surface area contributed by atoms with Crippen LogP contribution < -0.4 is 20.5 Å². The molecule has 184 valence electrons. The highest BCUT2D eigenvalue weighted by atomic mass is 16.6. The van der Waals surface area contributed by atoms with Crippen molar-refractivity contribution in [3.8, 4) is 11.5 Å². The summed E-state index contributed by atoms with van der Waals surface area (Å²) in [6.45, 7) is 3.31. The normalized spacial score (nSPS) is 41.2. The number of carbonyl (C=O) groups is 1. The zero-order valence-electron chi connectivity index (χ0n) is 20.4. The minimum atomic E-state index is -0.381. The molecular weight excluding hydrogens is 430 g/mol. The molecule has 7 aliphatic rings. The molecule has 34 heavy (non-hydrogen) atoms. The molecule has 7 heteroatoms. The van der Waals surface area contributed by atoms with Crippen LogP contribution in [0.25, 0.3) is 0 Å². The number of carbonyl (C=O) groups excluding carboxylic acids is 1. The Kier molecular flexibility index (Phi) is 4.49. The Morgan fingerprint density at radius 2 is 2.12 bits per heavy atom. The second-order valence-electron chi connectivity index (χ2n) is 11.8. The van der Waals surface area contributed by atoms with Crippen molar-refractivity contribution in [2.45, 2.75) is 68.1 Å². The first-order valence-electron chi connectivity index (χ1n) is 13.1. The number of amides is 1. The van der Waals surface area contributed by atoms with E-state index in [0.29, 0.717) is 6.04 Å². The van der Waals surface area contributed by atoms with Gasteiger partial charge < -0.3 is 25.3 Å². The molecule has 1 amide bonds. The van der Waals surface area contributed by atoms with Crippen molar-refractivity contribution in [1.29, 1.82) is 0 Å². The highest BCUT2D eigenvalue weighted by Gasteiger charge is 2.80. The zero-order chi connectivity index (χ0) is 23.3. The number of nitrogens with one attached hydrogen (secondary N) is 1. The number of primary amides is 1. The van der Waals surface area contributed by atoms with E-state index in [-0.39, 0.29) is 40.9 Å². The number of nitrogens with two attached hydrogens (primary N) is 1. The molecule has 5 aliphatic carbocycles. The van der Waals surface area contributed by atoms with Crippen LogP contribution >= 0.6 is 0 Å². The van der Waals surface area contributed by atoms with E-state index in [1.54, 1.807) is 7.11 Å². The van der Waals surface area contributed by atoms with Crippen molar-refractivity contribution in [3.63, 3.8) is 0 Å². The fourth-order valence-corrected chi connectivity index (χ4v) is 9.31. The predicted octanol–water partition coefficient (Wildman–Crippen LogP) is 1.99. The van der Waals surface area contributed by atoms with Crippen LogP contribution in [0.1, 0.15) is 49.7 Å². The molecule has 0 unspecified atom stereocenters. The average molecular weight is 468 g/mol. The third kappa shape index (κ3) is 2.46. The van der Waals surface area contributed by atoms with Crippen LogP contribution in [0.4, 0.5) is 0 Å². The predicted molar refractivity (Wildman–Crippen MR) is 127 cm³/mol. The second kappa shape index (κ2) is 7.11. The minimum absolute atomic E-state index is 0.0242. The maximum Gasteiger partial charge on any atom is 0.231 e. The van der Waals surface area contributed by atoms with Gasteiger partial charge in [0.15, 0.2) is 11.5 Å². The highest BCUT2D eigenvalue weighted by Crippen LogP contribution is 2.76. The smallest absolute Gasteiger partial charge is 0.231 e. The summed E-state index contributed by atoms with van der Waals surface area (Å²) in [5.74, 6) is 2.66. The van der Waals surface area contributed by atoms with Gasteiger partial charge in [-0.05, 0) is 69.0 Å². The molecule has 4 bridgehead atoms. The summed E-state index contributed by atoms with van der Waals surface area (Å²) >= 11 is 0. The summed E-state index contributed by atoms with van der Waals surface area (Å²) in [4.78, 5) is 14.3. The van der Waals surface area contributed by atoms with Gasteiger partial charge in [-0.1, -0.05) is 6.07 Å². The summed E-state index contributed by atoms with van der Waals surface area (Å²) < 4.78 is 19.4. The first-order chi connectivity index (χ1) is 16.5. The van der Waals surface area contributed by atoms with E-state index < -0.39 is 0 Å². The fourth-order valence-electron chi connectivity index (χ4n) is 9.31. The Balaban J connectivity index is 1.39. The van der Waals surface area contributed by atoms with E-state index in [1.165, 1.54) is 36.9 Å². The number of rotatable bonds is 8. The van der Waals surface area contributed by atoms with Crippen LogP contribution in [0.5, 0.6) is 11.5 Å². The average Bonchev–Trinajstić information content (AvgIpc) is 3.57. The van der Waals surface area contributed by atoms with E-state index in [1.807, 2.05) is 7.11 Å². The molecule has 3 N–H and O–H groups in total. The maximum atomic E-state index is 11.5. The summed E-state index contributed by atoms with van der Waals surface area (Å²) in [5, 5.41) is 3.35. The first-order valence-corrected chi connectivity index (χ1v) is 13.1. The number of ether oxygens (including phenoxy) is 3. The lowest BCUT2D eigenvalue weighted by atomic mass is 9.35. The van der Waals surface area contributed by atoms with E-state index in [4.69, 9.17) is 19.9 Å². The van der Waals surface area contributed by atoms with Gasteiger partial charge in [0.25, 0.3) is 0 Å². The van der Waals surface area contributed by atoms with Crippen molar-refractivity contribution in [2.24, 2.45) is 23.0 Å². The molecule has 5 fully saturated rings. The largest absolute Gasteiger partial charge is 0.493 e. The summed E-state index contributed by atoms with van der Waals surface area (Å²) in [6, 6.07) is 4.95. The third-order valence-corrected chi connectivity index (χ3v) is 10.7. The molecular formula is C27H37N3O4. The number of hydrogen-bond donors (Lipinski definition) is 2. The molecule has 1 aromatic carbocycles. The fraction of sp³-hybridized carbons (Fsp3) is 0.741. The van der Waals surface area contributed by atoms with Crippen LogP contribution in [-0.4, -0.2) is 69.0 Å². The Hall–Kier alpha value is -1.83. The molecule has 2 spiro atoms. The maximum absolute atomic E-state index is 11.5. The third-order valence-electron chi connectivity index (χ3n) is 10.7. The SMILES string of the molecule is COc1ccc2c3c1O[C@H]1[C@@]4(OC)CC[C@@]5(C[C@@H]4CNCC(N)=O)[C@@H](C2)N(CC2CC2)CC[C@]315. The minimum Gasteiger partial charge on any atom is -0.493 e. The monoisotopic (exact) mass is 467 g/mol. The molecule has 0 radical (unpaired) electrons. The quantitative estimate of drug-likeness (QED) is 0.608. The van der Waals surface area contributed by atoms with Crippen molar-refractivity contribution in [3.05, 3.63) is 23.3 Å². The lowest BCUT2D eigenvalue weighted by molar-refractivity contribution is -0.276. The Morgan fingerprint density at radius 1 is 1.26 bits per heavy atom. The zero-order valence-corrected chi connectivity index (χ0v) is 20.4. The van der Waals surface area contributed by atoms with E-state index in [2.05, 4.69) is 22.3 Å². The van der Waals surface area contributed by atoms with Gasteiger partial charge in [-0.25, -0.2) is 0 Å². The van der Waals surface area contributed by atoms with Gasteiger partial charge in [-0.15, -0.1) is 0 Å². The number of benzene rings is 1. The number of hydrogen-bond acceptors (Lipinski definition) is 6. The van der Waals surface area contributed by atoms with Crippen LogP contribution in [0.2, 0.25) is 0 Å².